The molecule has 0 saturated heterocycles. The SMILES string of the molecule is Cc1nc2ccccc2c(C)c1CC(=O)Nc1ccc(Cl)c(C(=O)N(C)C)c1. The smallest absolute Gasteiger partial charge is 0.254 e. The molecular weight excluding hydrogens is 374 g/mol. The van der Waals surface area contributed by atoms with Gasteiger partial charge in [0, 0.05) is 30.9 Å². The number of para-hydroxylation sites is 1. The van der Waals surface area contributed by atoms with Crippen LogP contribution in [0.4, 0.5) is 5.69 Å². The highest BCUT2D eigenvalue weighted by Crippen LogP contribution is 2.24. The van der Waals surface area contributed by atoms with Gasteiger partial charge < -0.3 is 10.2 Å². The van der Waals surface area contributed by atoms with Crippen molar-refractivity contribution in [3.05, 3.63) is 69.9 Å². The van der Waals surface area contributed by atoms with Crippen LogP contribution < -0.4 is 5.32 Å². The molecule has 0 atom stereocenters. The second-order valence-corrected chi connectivity index (χ2v) is 7.34. The van der Waals surface area contributed by atoms with E-state index < -0.39 is 0 Å². The predicted octanol–water partition coefficient (Wildman–Crippen LogP) is 4.39. The van der Waals surface area contributed by atoms with E-state index in [9.17, 15) is 9.59 Å². The summed E-state index contributed by atoms with van der Waals surface area (Å²) in [6.45, 7) is 3.92. The molecule has 3 rings (SSSR count). The Kier molecular flexibility index (Phi) is 5.66. The Balaban J connectivity index is 1.85. The maximum absolute atomic E-state index is 12.7. The van der Waals surface area contributed by atoms with Crippen LogP contribution in [0.5, 0.6) is 0 Å². The number of carbonyl (C=O) groups excluding carboxylic acids is 2. The predicted molar refractivity (Wildman–Crippen MR) is 113 cm³/mol. The molecule has 28 heavy (non-hydrogen) atoms. The van der Waals surface area contributed by atoms with Gasteiger partial charge in [0.1, 0.15) is 0 Å². The highest BCUT2D eigenvalue weighted by atomic mass is 35.5. The van der Waals surface area contributed by atoms with Crippen molar-refractivity contribution in [3.63, 3.8) is 0 Å². The zero-order chi connectivity index (χ0) is 20.4. The Morgan fingerprint density at radius 3 is 2.54 bits per heavy atom. The fourth-order valence-electron chi connectivity index (χ4n) is 3.20. The van der Waals surface area contributed by atoms with Gasteiger partial charge in [-0.05, 0) is 49.2 Å². The van der Waals surface area contributed by atoms with Crippen molar-refractivity contribution in [2.75, 3.05) is 19.4 Å². The van der Waals surface area contributed by atoms with Crippen molar-refractivity contribution in [3.8, 4) is 0 Å². The normalized spacial score (nSPS) is 10.8. The van der Waals surface area contributed by atoms with Crippen LogP contribution in [0.3, 0.4) is 0 Å². The zero-order valence-electron chi connectivity index (χ0n) is 16.3. The number of anilines is 1. The lowest BCUT2D eigenvalue weighted by molar-refractivity contribution is -0.115. The molecule has 1 heterocycles. The molecule has 3 aromatic rings. The van der Waals surface area contributed by atoms with Gasteiger partial charge in [-0.2, -0.15) is 0 Å². The highest BCUT2D eigenvalue weighted by molar-refractivity contribution is 6.34. The monoisotopic (exact) mass is 395 g/mol. The van der Waals surface area contributed by atoms with E-state index in [1.807, 2.05) is 38.1 Å². The number of nitrogens with one attached hydrogen (secondary N) is 1. The van der Waals surface area contributed by atoms with Crippen molar-refractivity contribution in [1.82, 2.24) is 9.88 Å². The lowest BCUT2D eigenvalue weighted by Crippen LogP contribution is -2.22. The van der Waals surface area contributed by atoms with E-state index in [-0.39, 0.29) is 18.2 Å². The van der Waals surface area contributed by atoms with Crippen LogP contribution in [0, 0.1) is 13.8 Å². The molecular formula is C22H22ClN3O2. The van der Waals surface area contributed by atoms with Crippen molar-refractivity contribution in [2.24, 2.45) is 0 Å². The molecule has 0 bridgehead atoms. The van der Waals surface area contributed by atoms with Gasteiger partial charge in [0.25, 0.3) is 5.91 Å². The molecule has 0 aliphatic carbocycles. The fraction of sp³-hybridized carbons (Fsp3) is 0.227. The van der Waals surface area contributed by atoms with Crippen LogP contribution in [0.2, 0.25) is 5.02 Å². The Hall–Kier alpha value is -2.92. The molecule has 1 N–H and O–H groups in total. The fourth-order valence-corrected chi connectivity index (χ4v) is 3.40. The number of aromatic nitrogens is 1. The summed E-state index contributed by atoms with van der Waals surface area (Å²) in [4.78, 5) is 30.9. The minimum absolute atomic E-state index is 0.172. The Labute approximate surface area is 169 Å². The maximum Gasteiger partial charge on any atom is 0.254 e. The molecule has 0 fully saturated rings. The van der Waals surface area contributed by atoms with Crippen LogP contribution >= 0.6 is 11.6 Å². The zero-order valence-corrected chi connectivity index (χ0v) is 17.1. The number of hydrogen-bond acceptors (Lipinski definition) is 3. The van der Waals surface area contributed by atoms with E-state index in [1.165, 1.54) is 4.90 Å². The summed E-state index contributed by atoms with van der Waals surface area (Å²) in [7, 11) is 3.31. The average Bonchev–Trinajstić information content (AvgIpc) is 2.66. The summed E-state index contributed by atoms with van der Waals surface area (Å²) >= 11 is 6.13. The van der Waals surface area contributed by atoms with Gasteiger partial charge in [-0.25, -0.2) is 0 Å². The number of aryl methyl sites for hydroxylation is 2. The summed E-state index contributed by atoms with van der Waals surface area (Å²) in [5.41, 5.74) is 4.61. The topological polar surface area (TPSA) is 62.3 Å². The van der Waals surface area contributed by atoms with E-state index in [2.05, 4.69) is 10.3 Å². The molecule has 2 aromatic carbocycles. The first kappa shape index (κ1) is 19.8. The molecule has 6 heteroatoms. The van der Waals surface area contributed by atoms with E-state index in [4.69, 9.17) is 11.6 Å². The van der Waals surface area contributed by atoms with Crippen molar-refractivity contribution >= 4 is 40.0 Å². The standard InChI is InChI=1S/C22H22ClN3O2/c1-13-16-7-5-6-8-20(16)24-14(2)17(13)12-21(27)25-15-9-10-19(23)18(11-15)22(28)26(3)4/h5-11H,12H2,1-4H3,(H,25,27). The number of halogens is 1. The summed E-state index contributed by atoms with van der Waals surface area (Å²) in [6.07, 6.45) is 0.203. The Morgan fingerprint density at radius 2 is 1.82 bits per heavy atom. The van der Waals surface area contributed by atoms with E-state index in [0.29, 0.717) is 16.3 Å². The van der Waals surface area contributed by atoms with E-state index in [1.54, 1.807) is 32.3 Å². The molecule has 0 saturated carbocycles. The third-order valence-electron chi connectivity index (χ3n) is 4.71. The number of benzene rings is 2. The van der Waals surface area contributed by atoms with Gasteiger partial charge in [0.15, 0.2) is 0 Å². The minimum Gasteiger partial charge on any atom is -0.345 e. The average molecular weight is 396 g/mol. The molecule has 0 aliphatic heterocycles. The van der Waals surface area contributed by atoms with Gasteiger partial charge in [0.05, 0.1) is 22.5 Å². The first-order chi connectivity index (χ1) is 13.3. The van der Waals surface area contributed by atoms with E-state index in [0.717, 1.165) is 27.7 Å². The number of pyridine rings is 1. The van der Waals surface area contributed by atoms with Crippen molar-refractivity contribution in [1.29, 1.82) is 0 Å². The van der Waals surface area contributed by atoms with Crippen LogP contribution in [-0.4, -0.2) is 35.8 Å². The number of rotatable bonds is 4. The molecule has 144 valence electrons. The van der Waals surface area contributed by atoms with Crippen LogP contribution in [0.15, 0.2) is 42.5 Å². The Bertz CT molecular complexity index is 1080. The van der Waals surface area contributed by atoms with Gasteiger partial charge in [-0.15, -0.1) is 0 Å². The van der Waals surface area contributed by atoms with Gasteiger partial charge >= 0.3 is 0 Å². The second kappa shape index (κ2) is 7.98. The van der Waals surface area contributed by atoms with Crippen LogP contribution in [0.25, 0.3) is 10.9 Å². The van der Waals surface area contributed by atoms with Gasteiger partial charge in [-0.1, -0.05) is 29.8 Å². The van der Waals surface area contributed by atoms with Crippen molar-refractivity contribution in [2.45, 2.75) is 20.3 Å². The van der Waals surface area contributed by atoms with Crippen LogP contribution in [-0.2, 0) is 11.2 Å². The maximum atomic E-state index is 12.7. The van der Waals surface area contributed by atoms with Gasteiger partial charge in [0.2, 0.25) is 5.91 Å². The van der Waals surface area contributed by atoms with E-state index >= 15 is 0 Å². The second-order valence-electron chi connectivity index (χ2n) is 6.94. The third-order valence-corrected chi connectivity index (χ3v) is 5.04. The number of nitrogens with zero attached hydrogens (tertiary/aromatic N) is 2. The molecule has 0 aliphatic rings. The molecule has 1 aromatic heterocycles. The lowest BCUT2D eigenvalue weighted by atomic mass is 9.99. The molecule has 0 unspecified atom stereocenters. The molecule has 0 radical (unpaired) electrons. The number of amides is 2. The summed E-state index contributed by atoms with van der Waals surface area (Å²) < 4.78 is 0. The number of hydrogen-bond donors (Lipinski definition) is 1. The van der Waals surface area contributed by atoms with Gasteiger partial charge in [-0.3, -0.25) is 14.6 Å². The third kappa shape index (κ3) is 3.99. The van der Waals surface area contributed by atoms with Crippen LogP contribution in [0.1, 0.15) is 27.2 Å². The molecule has 0 spiro atoms. The number of carbonyl (C=O) groups is 2. The summed E-state index contributed by atoms with van der Waals surface area (Å²) in [5, 5.41) is 4.25. The first-order valence-corrected chi connectivity index (χ1v) is 9.31. The lowest BCUT2D eigenvalue weighted by Gasteiger charge is -2.14. The minimum atomic E-state index is -0.216. The quantitative estimate of drug-likeness (QED) is 0.712. The molecule has 2 amide bonds. The highest BCUT2D eigenvalue weighted by Gasteiger charge is 2.16. The van der Waals surface area contributed by atoms with Crippen molar-refractivity contribution < 1.29 is 9.59 Å². The summed E-state index contributed by atoms with van der Waals surface area (Å²) in [5.74, 6) is -0.389. The summed E-state index contributed by atoms with van der Waals surface area (Å²) in [6, 6.07) is 12.8. The first-order valence-electron chi connectivity index (χ1n) is 8.93. The Morgan fingerprint density at radius 1 is 1.11 bits per heavy atom. The largest absolute Gasteiger partial charge is 0.345 e. The number of fused-ring (bicyclic) bond motifs is 1. The molecule has 5 nitrogen and oxygen atoms in total.